The van der Waals surface area contributed by atoms with Crippen LogP contribution in [0.3, 0.4) is 0 Å². The molecule has 25 heavy (non-hydrogen) atoms. The Morgan fingerprint density at radius 3 is 2.20 bits per heavy atom. The highest BCUT2D eigenvalue weighted by Gasteiger charge is 1.99. The van der Waals surface area contributed by atoms with Crippen molar-refractivity contribution in [2.24, 2.45) is 0 Å². The molecule has 2 aromatic rings. The molecule has 1 heterocycles. The van der Waals surface area contributed by atoms with Crippen molar-refractivity contribution in [3.05, 3.63) is 47.9 Å². The molecule has 0 aliphatic heterocycles. The summed E-state index contributed by atoms with van der Waals surface area (Å²) in [6.45, 7) is 12.8. The average Bonchev–Trinajstić information content (AvgIpc) is 3.09. The summed E-state index contributed by atoms with van der Waals surface area (Å²) in [5.74, 6) is 1.69. The molecule has 1 aromatic carbocycles. The lowest BCUT2D eigenvalue weighted by Crippen LogP contribution is -2.08. The third kappa shape index (κ3) is 12.2. The largest absolute Gasteiger partial charge is 0.494 e. The monoisotopic (exact) mass is 351 g/mol. The molecule has 0 spiro atoms. The maximum absolute atomic E-state index is 5.56. The van der Waals surface area contributed by atoms with Gasteiger partial charge in [-0.15, -0.1) is 0 Å². The van der Waals surface area contributed by atoms with Crippen LogP contribution in [0.15, 0.2) is 40.9 Å². The van der Waals surface area contributed by atoms with Crippen LogP contribution < -0.4 is 4.74 Å². The van der Waals surface area contributed by atoms with Crippen molar-refractivity contribution in [3.8, 4) is 5.75 Å². The Hall–Kier alpha value is -1.85. The predicted octanol–water partition coefficient (Wildman–Crippen LogP) is 5.04. The van der Waals surface area contributed by atoms with Crippen molar-refractivity contribution in [2.75, 3.05) is 26.4 Å². The van der Waals surface area contributed by atoms with Crippen molar-refractivity contribution >= 4 is 0 Å². The Kier molecular flexibility index (Phi) is 15.7. The fourth-order valence-electron chi connectivity index (χ4n) is 1.75. The first-order valence-corrected chi connectivity index (χ1v) is 9.10. The van der Waals surface area contributed by atoms with Crippen LogP contribution in [0.25, 0.3) is 0 Å². The Morgan fingerprint density at radius 2 is 1.56 bits per heavy atom. The summed E-state index contributed by atoms with van der Waals surface area (Å²) in [5, 5.41) is 3.85. The van der Waals surface area contributed by atoms with Gasteiger partial charge in [-0.1, -0.05) is 51.1 Å². The number of hydrogen-bond acceptors (Lipinski definition) is 5. The third-order valence-electron chi connectivity index (χ3n) is 2.74. The summed E-state index contributed by atoms with van der Waals surface area (Å²) in [7, 11) is 0. The normalized spacial score (nSPS) is 9.48. The van der Waals surface area contributed by atoms with Gasteiger partial charge in [0.25, 0.3) is 0 Å². The van der Waals surface area contributed by atoms with E-state index in [1.54, 1.807) is 0 Å². The number of nitrogens with zero attached hydrogens (tertiary/aromatic N) is 1. The van der Waals surface area contributed by atoms with Gasteiger partial charge in [0.1, 0.15) is 17.2 Å². The summed E-state index contributed by atoms with van der Waals surface area (Å²) in [5.41, 5.74) is 0.809. The fourth-order valence-corrected chi connectivity index (χ4v) is 1.75. The number of para-hydroxylation sites is 1. The second-order valence-electron chi connectivity index (χ2n) is 4.61. The number of ether oxygens (including phenoxy) is 3. The SMILES string of the molecule is CC.CC.Cc1cc(COCCOCCCOc2ccccc2)no1. The molecule has 0 saturated heterocycles. The molecule has 0 radical (unpaired) electrons. The van der Waals surface area contributed by atoms with Crippen molar-refractivity contribution in [3.63, 3.8) is 0 Å². The van der Waals surface area contributed by atoms with Crippen molar-refractivity contribution in [2.45, 2.75) is 47.6 Å². The summed E-state index contributed by atoms with van der Waals surface area (Å²) >= 11 is 0. The molecule has 0 unspecified atom stereocenters. The lowest BCUT2D eigenvalue weighted by Gasteiger charge is -2.07. The van der Waals surface area contributed by atoms with Gasteiger partial charge in [0, 0.05) is 19.1 Å². The smallest absolute Gasteiger partial charge is 0.134 e. The predicted molar refractivity (Wildman–Crippen MR) is 101 cm³/mol. The van der Waals surface area contributed by atoms with E-state index in [0.717, 1.165) is 23.6 Å². The first-order valence-electron chi connectivity index (χ1n) is 9.10. The fraction of sp³-hybridized carbons (Fsp3) is 0.550. The van der Waals surface area contributed by atoms with Gasteiger partial charge in [0.05, 0.1) is 26.4 Å². The maximum atomic E-state index is 5.56. The molecule has 0 atom stereocenters. The minimum atomic E-state index is 0.456. The van der Waals surface area contributed by atoms with E-state index in [2.05, 4.69) is 5.16 Å². The van der Waals surface area contributed by atoms with Gasteiger partial charge < -0.3 is 18.7 Å². The zero-order valence-electron chi connectivity index (χ0n) is 16.3. The van der Waals surface area contributed by atoms with E-state index in [1.807, 2.05) is 71.0 Å². The molecule has 0 bridgehead atoms. The van der Waals surface area contributed by atoms with E-state index in [0.29, 0.717) is 33.0 Å². The molecular weight excluding hydrogens is 318 g/mol. The Balaban J connectivity index is 0.00000134. The third-order valence-corrected chi connectivity index (χ3v) is 2.74. The van der Waals surface area contributed by atoms with Crippen molar-refractivity contribution in [1.29, 1.82) is 0 Å². The minimum Gasteiger partial charge on any atom is -0.494 e. The number of aryl methyl sites for hydroxylation is 1. The van der Waals surface area contributed by atoms with E-state index >= 15 is 0 Å². The van der Waals surface area contributed by atoms with Gasteiger partial charge in [0.15, 0.2) is 0 Å². The van der Waals surface area contributed by atoms with Gasteiger partial charge >= 0.3 is 0 Å². The van der Waals surface area contributed by atoms with Crippen LogP contribution in [0.4, 0.5) is 0 Å². The van der Waals surface area contributed by atoms with E-state index in [4.69, 9.17) is 18.7 Å². The molecule has 142 valence electrons. The van der Waals surface area contributed by atoms with E-state index in [9.17, 15) is 0 Å². The van der Waals surface area contributed by atoms with Gasteiger partial charge in [0.2, 0.25) is 0 Å². The summed E-state index contributed by atoms with van der Waals surface area (Å²) in [4.78, 5) is 0. The second-order valence-corrected chi connectivity index (χ2v) is 4.61. The Labute approximate surface area is 152 Å². The molecule has 0 aliphatic carbocycles. The first kappa shape index (κ1) is 23.1. The maximum Gasteiger partial charge on any atom is 0.134 e. The zero-order valence-corrected chi connectivity index (χ0v) is 16.3. The molecule has 0 aliphatic rings. The Bertz CT molecular complexity index is 499. The number of hydrogen-bond donors (Lipinski definition) is 0. The summed E-state index contributed by atoms with van der Waals surface area (Å²) in [6.07, 6.45) is 0.859. The first-order chi connectivity index (χ1) is 12.3. The molecule has 5 heteroatoms. The molecule has 2 rings (SSSR count). The molecule has 0 amide bonds. The van der Waals surface area contributed by atoms with Gasteiger partial charge in [-0.05, 0) is 19.1 Å². The van der Waals surface area contributed by atoms with E-state index in [-0.39, 0.29) is 0 Å². The van der Waals surface area contributed by atoms with Crippen LogP contribution >= 0.6 is 0 Å². The molecule has 0 N–H and O–H groups in total. The molecule has 5 nitrogen and oxygen atoms in total. The van der Waals surface area contributed by atoms with Crippen LogP contribution in [0.1, 0.15) is 45.6 Å². The summed E-state index contributed by atoms with van der Waals surface area (Å²) in [6, 6.07) is 11.6. The minimum absolute atomic E-state index is 0.456. The highest BCUT2D eigenvalue weighted by molar-refractivity contribution is 5.20. The number of benzene rings is 1. The van der Waals surface area contributed by atoms with Crippen molar-refractivity contribution in [1.82, 2.24) is 5.16 Å². The number of aromatic nitrogens is 1. The number of rotatable bonds is 10. The quantitative estimate of drug-likeness (QED) is 0.561. The van der Waals surface area contributed by atoms with Gasteiger partial charge in [-0.2, -0.15) is 0 Å². The summed E-state index contributed by atoms with van der Waals surface area (Å²) < 4.78 is 21.4. The zero-order chi connectivity index (χ0) is 18.8. The molecule has 1 aromatic heterocycles. The lowest BCUT2D eigenvalue weighted by molar-refractivity contribution is 0.0351. The molecular formula is C20H33NO4. The van der Waals surface area contributed by atoms with Crippen LogP contribution in [0.2, 0.25) is 0 Å². The molecule has 0 saturated carbocycles. The highest BCUT2D eigenvalue weighted by Crippen LogP contribution is 2.08. The standard InChI is InChI=1S/C16H21NO4.2C2H6/c1-14-12-15(17-21-14)13-19-11-10-18-8-5-9-20-16-6-3-2-4-7-16;2*1-2/h2-4,6-7,12H,5,8-11,13H2,1H3;2*1-2H3. The topological polar surface area (TPSA) is 53.7 Å². The van der Waals surface area contributed by atoms with Crippen LogP contribution in [-0.2, 0) is 16.1 Å². The van der Waals surface area contributed by atoms with Crippen LogP contribution in [0.5, 0.6) is 5.75 Å². The average molecular weight is 351 g/mol. The van der Waals surface area contributed by atoms with E-state index < -0.39 is 0 Å². The Morgan fingerprint density at radius 1 is 0.880 bits per heavy atom. The lowest BCUT2D eigenvalue weighted by atomic mass is 10.3. The highest BCUT2D eigenvalue weighted by atomic mass is 16.5. The second kappa shape index (κ2) is 17.0. The van der Waals surface area contributed by atoms with Gasteiger partial charge in [-0.3, -0.25) is 0 Å². The van der Waals surface area contributed by atoms with E-state index in [1.165, 1.54) is 0 Å². The van der Waals surface area contributed by atoms with Crippen LogP contribution in [0, 0.1) is 6.92 Å². The molecule has 0 fully saturated rings. The van der Waals surface area contributed by atoms with Crippen molar-refractivity contribution < 1.29 is 18.7 Å². The van der Waals surface area contributed by atoms with Gasteiger partial charge in [-0.25, -0.2) is 0 Å². The van der Waals surface area contributed by atoms with Crippen LogP contribution in [-0.4, -0.2) is 31.6 Å².